The van der Waals surface area contributed by atoms with Crippen molar-refractivity contribution in [3.05, 3.63) is 83.1 Å². The molecule has 0 bridgehead atoms. The molecule has 0 aliphatic carbocycles. The Balaban J connectivity index is 1.67. The van der Waals surface area contributed by atoms with Gasteiger partial charge in [-0.05, 0) is 18.1 Å². The maximum atomic E-state index is 9.55. The predicted molar refractivity (Wildman–Crippen MR) is 97.0 cm³/mol. The van der Waals surface area contributed by atoms with Crippen molar-refractivity contribution in [1.29, 1.82) is 5.26 Å². The van der Waals surface area contributed by atoms with E-state index in [1.165, 1.54) is 11.1 Å². The van der Waals surface area contributed by atoms with Crippen molar-refractivity contribution in [2.24, 2.45) is 0 Å². The Bertz CT molecular complexity index is 729. The van der Waals surface area contributed by atoms with Crippen LogP contribution in [0.4, 0.5) is 0 Å². The minimum atomic E-state index is 0.213. The molecule has 2 aromatic rings. The van der Waals surface area contributed by atoms with Gasteiger partial charge < -0.3 is 5.32 Å². The predicted octanol–water partition coefficient (Wildman–Crippen LogP) is 4.02. The van der Waals surface area contributed by atoms with Crippen LogP contribution in [0.3, 0.4) is 0 Å². The van der Waals surface area contributed by atoms with Gasteiger partial charge in [-0.2, -0.15) is 5.26 Å². The Morgan fingerprint density at radius 2 is 1.75 bits per heavy atom. The van der Waals surface area contributed by atoms with Gasteiger partial charge in [0.1, 0.15) is 0 Å². The lowest BCUT2D eigenvalue weighted by Gasteiger charge is -2.30. The smallest absolute Gasteiger partial charge is 0.0979 e. The second-order valence-electron chi connectivity index (χ2n) is 6.29. The fourth-order valence-corrected chi connectivity index (χ4v) is 3.14. The van der Waals surface area contributed by atoms with Crippen LogP contribution in [0.15, 0.2) is 71.9 Å². The van der Waals surface area contributed by atoms with Gasteiger partial charge >= 0.3 is 0 Å². The molecule has 3 heteroatoms. The average molecular weight is 317 g/mol. The monoisotopic (exact) mass is 317 g/mol. The molecule has 3 nitrogen and oxygen atoms in total. The molecular weight excluding hydrogens is 294 g/mol. The van der Waals surface area contributed by atoms with Gasteiger partial charge in [0.15, 0.2) is 0 Å². The minimum Gasteiger partial charge on any atom is -0.381 e. The van der Waals surface area contributed by atoms with E-state index in [4.69, 9.17) is 0 Å². The summed E-state index contributed by atoms with van der Waals surface area (Å²) >= 11 is 0. The molecule has 0 radical (unpaired) electrons. The summed E-state index contributed by atoms with van der Waals surface area (Å²) in [5.41, 5.74) is 4.50. The molecule has 1 aliphatic heterocycles. The summed E-state index contributed by atoms with van der Waals surface area (Å²) in [7, 11) is 0. The number of rotatable bonds is 5. The third-order valence-corrected chi connectivity index (χ3v) is 4.50. The van der Waals surface area contributed by atoms with Crippen LogP contribution in [-0.2, 0) is 6.54 Å². The molecule has 1 aliphatic rings. The van der Waals surface area contributed by atoms with E-state index in [2.05, 4.69) is 71.7 Å². The third kappa shape index (κ3) is 4.04. The van der Waals surface area contributed by atoms with Crippen molar-refractivity contribution >= 4 is 0 Å². The molecule has 1 N–H and O–H groups in total. The van der Waals surface area contributed by atoms with Crippen LogP contribution in [0.2, 0.25) is 0 Å². The van der Waals surface area contributed by atoms with Crippen molar-refractivity contribution in [3.63, 3.8) is 0 Å². The van der Waals surface area contributed by atoms with Crippen LogP contribution in [-0.4, -0.2) is 18.0 Å². The minimum absolute atomic E-state index is 0.213. The molecule has 0 amide bonds. The average Bonchev–Trinajstić information content (AvgIpc) is 2.64. The molecule has 0 saturated heterocycles. The Kier molecular flexibility index (Phi) is 5.30. The zero-order valence-electron chi connectivity index (χ0n) is 14.1. The number of nitriles is 1. The van der Waals surface area contributed by atoms with Gasteiger partial charge in [0.25, 0.3) is 0 Å². The van der Waals surface area contributed by atoms with Crippen molar-refractivity contribution in [2.75, 3.05) is 13.1 Å². The van der Waals surface area contributed by atoms with Crippen molar-refractivity contribution in [3.8, 4) is 6.07 Å². The van der Waals surface area contributed by atoms with Gasteiger partial charge in [0.2, 0.25) is 0 Å². The highest BCUT2D eigenvalue weighted by Gasteiger charge is 2.20. The lowest BCUT2D eigenvalue weighted by atomic mass is 10.0. The van der Waals surface area contributed by atoms with Gasteiger partial charge in [0, 0.05) is 37.8 Å². The van der Waals surface area contributed by atoms with E-state index in [9.17, 15) is 5.26 Å². The molecule has 24 heavy (non-hydrogen) atoms. The van der Waals surface area contributed by atoms with Crippen LogP contribution in [0.5, 0.6) is 0 Å². The molecule has 3 rings (SSSR count). The van der Waals surface area contributed by atoms with Crippen LogP contribution >= 0.6 is 0 Å². The maximum absolute atomic E-state index is 9.55. The zero-order chi connectivity index (χ0) is 16.8. The standard InChI is InChI=1S/C21H23N3/c1-17(19-10-6-3-7-11-19)23-21-12-13-24(16-20(21)14-22)15-18-8-4-2-5-9-18/h2-11,17,23H,12-13,15-16H2,1H3. The van der Waals surface area contributed by atoms with E-state index in [0.717, 1.165) is 37.3 Å². The van der Waals surface area contributed by atoms with Gasteiger partial charge in [-0.3, -0.25) is 4.90 Å². The first kappa shape index (κ1) is 16.3. The van der Waals surface area contributed by atoms with Gasteiger partial charge in [0.05, 0.1) is 11.6 Å². The number of benzene rings is 2. The van der Waals surface area contributed by atoms with E-state index >= 15 is 0 Å². The molecule has 0 aromatic heterocycles. The first-order valence-corrected chi connectivity index (χ1v) is 8.46. The molecule has 0 fully saturated rings. The van der Waals surface area contributed by atoms with Crippen LogP contribution in [0, 0.1) is 11.3 Å². The number of hydrogen-bond donors (Lipinski definition) is 1. The highest BCUT2D eigenvalue weighted by atomic mass is 15.1. The number of nitrogens with zero attached hydrogens (tertiary/aromatic N) is 2. The van der Waals surface area contributed by atoms with Crippen LogP contribution in [0.1, 0.15) is 30.5 Å². The lowest BCUT2D eigenvalue weighted by molar-refractivity contribution is 0.275. The van der Waals surface area contributed by atoms with Crippen molar-refractivity contribution in [1.82, 2.24) is 10.2 Å². The van der Waals surface area contributed by atoms with Gasteiger partial charge in [-0.1, -0.05) is 60.7 Å². The summed E-state index contributed by atoms with van der Waals surface area (Å²) in [6, 6.07) is 23.4. The molecule has 0 spiro atoms. The highest BCUT2D eigenvalue weighted by molar-refractivity contribution is 5.32. The maximum Gasteiger partial charge on any atom is 0.0979 e. The lowest BCUT2D eigenvalue weighted by Crippen LogP contribution is -2.35. The Labute approximate surface area is 144 Å². The summed E-state index contributed by atoms with van der Waals surface area (Å²) in [4.78, 5) is 2.34. The molecule has 1 unspecified atom stereocenters. The fourth-order valence-electron chi connectivity index (χ4n) is 3.14. The van der Waals surface area contributed by atoms with E-state index in [1.54, 1.807) is 0 Å². The summed E-state index contributed by atoms with van der Waals surface area (Å²) in [6.07, 6.45) is 0.896. The summed E-state index contributed by atoms with van der Waals surface area (Å²) in [6.45, 7) is 4.74. The van der Waals surface area contributed by atoms with E-state index in [0.29, 0.717) is 0 Å². The van der Waals surface area contributed by atoms with Crippen molar-refractivity contribution < 1.29 is 0 Å². The zero-order valence-corrected chi connectivity index (χ0v) is 14.1. The molecule has 0 saturated carbocycles. The van der Waals surface area contributed by atoms with Gasteiger partial charge in [-0.15, -0.1) is 0 Å². The highest BCUT2D eigenvalue weighted by Crippen LogP contribution is 2.21. The van der Waals surface area contributed by atoms with Gasteiger partial charge in [-0.25, -0.2) is 0 Å². The SMILES string of the molecule is CC(NC1=C(C#N)CN(Cc2ccccc2)CC1)c1ccccc1. The summed E-state index contributed by atoms with van der Waals surface area (Å²) in [5, 5.41) is 13.1. The van der Waals surface area contributed by atoms with Crippen LogP contribution in [0.25, 0.3) is 0 Å². The van der Waals surface area contributed by atoms with Crippen LogP contribution < -0.4 is 5.32 Å². The first-order chi connectivity index (χ1) is 11.8. The van der Waals surface area contributed by atoms with E-state index in [1.807, 2.05) is 12.1 Å². The normalized spacial score (nSPS) is 16.5. The number of hydrogen-bond acceptors (Lipinski definition) is 3. The quantitative estimate of drug-likeness (QED) is 0.905. The molecule has 2 aromatic carbocycles. The summed E-state index contributed by atoms with van der Waals surface area (Å²) < 4.78 is 0. The van der Waals surface area contributed by atoms with Crippen molar-refractivity contribution in [2.45, 2.75) is 25.9 Å². The topological polar surface area (TPSA) is 39.1 Å². The molecule has 1 heterocycles. The van der Waals surface area contributed by atoms with E-state index in [-0.39, 0.29) is 6.04 Å². The molecular formula is C21H23N3. The Hall–Kier alpha value is -2.57. The van der Waals surface area contributed by atoms with E-state index < -0.39 is 0 Å². The fraction of sp³-hybridized carbons (Fsp3) is 0.286. The molecule has 122 valence electrons. The second-order valence-corrected chi connectivity index (χ2v) is 6.29. The largest absolute Gasteiger partial charge is 0.381 e. The Morgan fingerprint density at radius 1 is 1.08 bits per heavy atom. The number of nitrogens with one attached hydrogen (secondary N) is 1. The first-order valence-electron chi connectivity index (χ1n) is 8.46. The third-order valence-electron chi connectivity index (χ3n) is 4.50. The summed E-state index contributed by atoms with van der Waals surface area (Å²) in [5.74, 6) is 0. The second kappa shape index (κ2) is 7.81. The molecule has 1 atom stereocenters. The Morgan fingerprint density at radius 3 is 2.42 bits per heavy atom.